The maximum Gasteiger partial charge on any atom is 0.257 e. The molecule has 5 aromatic rings. The number of ether oxygens (including phenoxy) is 2. The third kappa shape index (κ3) is 7.34. The highest BCUT2D eigenvalue weighted by Gasteiger charge is 2.33. The maximum atomic E-state index is 14.2. The highest BCUT2D eigenvalue weighted by molar-refractivity contribution is 7.99. The Morgan fingerprint density at radius 2 is 1.55 bits per heavy atom. The first-order valence-corrected chi connectivity index (χ1v) is 16.0. The molecule has 1 aliphatic rings. The van der Waals surface area contributed by atoms with Gasteiger partial charge in [0, 0.05) is 31.3 Å². The summed E-state index contributed by atoms with van der Waals surface area (Å²) in [7, 11) is 1.75. The maximum absolute atomic E-state index is 14.2. The molecule has 15 heteroatoms. The monoisotopic (exact) mass is 697 g/mol. The topological polar surface area (TPSA) is 111 Å². The molecule has 1 aromatic heterocycles. The van der Waals surface area contributed by atoms with E-state index in [0.29, 0.717) is 28.5 Å². The van der Waals surface area contributed by atoms with Crippen LogP contribution in [0.3, 0.4) is 0 Å². The number of nitrogens with one attached hydrogen (secondary N) is 1. The average Bonchev–Trinajstić information content (AvgIpc) is 3.55. The molecule has 9 nitrogen and oxygen atoms in total. The lowest BCUT2D eigenvalue weighted by atomic mass is 9.97. The largest absolute Gasteiger partial charge is 0.392 e. The quantitative estimate of drug-likeness (QED) is 0.0754. The van der Waals surface area contributed by atoms with Crippen molar-refractivity contribution < 1.29 is 41.3 Å². The van der Waals surface area contributed by atoms with Gasteiger partial charge in [-0.3, -0.25) is 4.79 Å². The smallest absolute Gasteiger partial charge is 0.257 e. The Bertz CT molecular complexity index is 1930. The van der Waals surface area contributed by atoms with Gasteiger partial charge in [-0.1, -0.05) is 84.6 Å². The van der Waals surface area contributed by atoms with Gasteiger partial charge in [0.15, 0.2) is 29.6 Å². The molecular formula is C34H28F5N5O4S. The molecule has 3 atom stereocenters. The number of aryl methyl sites for hydroxylation is 1. The molecule has 0 saturated carbocycles. The van der Waals surface area contributed by atoms with E-state index in [1.54, 1.807) is 36.0 Å². The van der Waals surface area contributed by atoms with Crippen molar-refractivity contribution >= 4 is 17.7 Å². The van der Waals surface area contributed by atoms with Gasteiger partial charge in [0.25, 0.3) is 5.91 Å². The number of aliphatic hydroxyl groups excluding tert-OH is 1. The predicted octanol–water partition coefficient (Wildman–Crippen LogP) is 6.33. The van der Waals surface area contributed by atoms with Gasteiger partial charge in [-0.05, 0) is 38.2 Å². The standard InChI is InChI=1S/C34H28F5N5O4S/c1-44-34(41-42-43-44)49-17-23-14-25(20-8-6-18(16-45)7-9-20)48-33(47-23)21-12-10-19(11-13-21)24-5-3-2-4-22(24)15-40-32(46)26-27(35)29(37)31(39)30(38)28(26)36/h2-13,23,25,33,45H,14-17H2,1H3,(H,40,46)/t23-,25+,33+/m1/s1. The van der Waals surface area contributed by atoms with Crippen molar-refractivity contribution in [2.24, 2.45) is 7.05 Å². The van der Waals surface area contributed by atoms with E-state index < -0.39 is 46.8 Å². The van der Waals surface area contributed by atoms with Gasteiger partial charge in [-0.15, -0.1) is 5.10 Å². The number of rotatable bonds is 10. The minimum Gasteiger partial charge on any atom is -0.392 e. The summed E-state index contributed by atoms with van der Waals surface area (Å²) in [4.78, 5) is 12.6. The molecule has 0 bridgehead atoms. The summed E-state index contributed by atoms with van der Waals surface area (Å²) in [5.74, 6) is -12.1. The van der Waals surface area contributed by atoms with Crippen LogP contribution >= 0.6 is 11.8 Å². The van der Waals surface area contributed by atoms with Crippen molar-refractivity contribution in [2.45, 2.75) is 43.2 Å². The predicted molar refractivity (Wildman–Crippen MR) is 167 cm³/mol. The number of halogens is 5. The summed E-state index contributed by atoms with van der Waals surface area (Å²) >= 11 is 1.46. The Labute approximate surface area is 281 Å². The van der Waals surface area contributed by atoms with Gasteiger partial charge in [0.05, 0.1) is 18.8 Å². The van der Waals surface area contributed by atoms with Crippen molar-refractivity contribution in [3.05, 3.63) is 130 Å². The van der Waals surface area contributed by atoms with E-state index in [0.717, 1.165) is 22.3 Å². The fraction of sp³-hybridized carbons (Fsp3) is 0.235. The van der Waals surface area contributed by atoms with Crippen LogP contribution in [0.1, 0.15) is 51.4 Å². The van der Waals surface area contributed by atoms with Crippen LogP contribution in [0, 0.1) is 29.1 Å². The summed E-state index contributed by atoms with van der Waals surface area (Å²) in [5, 5.41) is 23.9. The Kier molecular flexibility index (Phi) is 10.3. The van der Waals surface area contributed by atoms with Crippen molar-refractivity contribution in [1.29, 1.82) is 0 Å². The summed E-state index contributed by atoms with van der Waals surface area (Å²) in [6.07, 6.45) is -0.708. The molecule has 1 saturated heterocycles. The van der Waals surface area contributed by atoms with Crippen molar-refractivity contribution in [1.82, 2.24) is 25.5 Å². The van der Waals surface area contributed by atoms with E-state index in [-0.39, 0.29) is 25.4 Å². The average molecular weight is 698 g/mol. The van der Waals surface area contributed by atoms with E-state index >= 15 is 0 Å². The molecule has 4 aromatic carbocycles. The fourth-order valence-corrected chi connectivity index (χ4v) is 6.25. The van der Waals surface area contributed by atoms with Crippen LogP contribution in [0.4, 0.5) is 22.0 Å². The molecule has 1 aliphatic heterocycles. The van der Waals surface area contributed by atoms with Crippen LogP contribution in [0.2, 0.25) is 0 Å². The molecule has 2 heterocycles. The van der Waals surface area contributed by atoms with Crippen LogP contribution in [-0.2, 0) is 29.7 Å². The number of hydrogen-bond donors (Lipinski definition) is 2. The first-order valence-electron chi connectivity index (χ1n) is 15.0. The molecule has 0 radical (unpaired) electrons. The minimum atomic E-state index is -2.34. The van der Waals surface area contributed by atoms with Gasteiger partial charge in [0.1, 0.15) is 5.56 Å². The van der Waals surface area contributed by atoms with Crippen LogP contribution in [0.5, 0.6) is 0 Å². The van der Waals surface area contributed by atoms with Gasteiger partial charge < -0.3 is 19.9 Å². The molecular weight excluding hydrogens is 669 g/mol. The van der Waals surface area contributed by atoms with Crippen LogP contribution in [-0.4, -0.2) is 43.1 Å². The Balaban J connectivity index is 1.20. The zero-order valence-electron chi connectivity index (χ0n) is 25.7. The number of carbonyl (C=O) groups is 1. The number of hydrogen-bond acceptors (Lipinski definition) is 8. The fourth-order valence-electron chi connectivity index (χ4n) is 5.38. The third-order valence-electron chi connectivity index (χ3n) is 7.98. The van der Waals surface area contributed by atoms with E-state index in [9.17, 15) is 31.9 Å². The minimum absolute atomic E-state index is 0.0737. The van der Waals surface area contributed by atoms with E-state index in [2.05, 4.69) is 20.8 Å². The highest BCUT2D eigenvalue weighted by Crippen LogP contribution is 2.40. The number of aromatic nitrogens is 4. The SMILES string of the molecule is Cn1nnnc1SC[C@H]1C[C@@H](c2ccc(CO)cc2)O[C@@H](c2ccc(-c3ccccc3CNC(=O)c3c(F)c(F)c(F)c(F)c3F)cc2)O1. The van der Waals surface area contributed by atoms with Gasteiger partial charge in [0.2, 0.25) is 11.0 Å². The van der Waals surface area contributed by atoms with E-state index in [1.807, 2.05) is 48.5 Å². The molecule has 1 amide bonds. The summed E-state index contributed by atoms with van der Waals surface area (Å²) < 4.78 is 83.6. The molecule has 1 fully saturated rings. The second-order valence-corrected chi connectivity index (χ2v) is 12.1. The number of thioether (sulfide) groups is 1. The van der Waals surface area contributed by atoms with Crippen molar-refractivity contribution in [2.75, 3.05) is 5.75 Å². The number of aliphatic hydroxyl groups is 1. The van der Waals surface area contributed by atoms with E-state index in [4.69, 9.17) is 9.47 Å². The lowest BCUT2D eigenvalue weighted by Gasteiger charge is -2.36. The number of carbonyl (C=O) groups excluding carboxylic acids is 1. The normalized spacial score (nSPS) is 17.7. The van der Waals surface area contributed by atoms with Crippen LogP contribution < -0.4 is 5.32 Å². The zero-order chi connectivity index (χ0) is 34.7. The first-order chi connectivity index (χ1) is 23.6. The summed E-state index contributed by atoms with van der Waals surface area (Å²) in [6, 6.07) is 21.7. The molecule has 0 unspecified atom stereocenters. The number of amides is 1. The second-order valence-electron chi connectivity index (χ2n) is 11.2. The highest BCUT2D eigenvalue weighted by atomic mass is 32.2. The number of tetrazole rings is 1. The zero-order valence-corrected chi connectivity index (χ0v) is 26.6. The van der Waals surface area contributed by atoms with Crippen LogP contribution in [0.15, 0.2) is 78.0 Å². The first kappa shape index (κ1) is 34.2. The van der Waals surface area contributed by atoms with Crippen molar-refractivity contribution in [3.8, 4) is 11.1 Å². The lowest BCUT2D eigenvalue weighted by Crippen LogP contribution is -2.31. The van der Waals surface area contributed by atoms with Gasteiger partial charge >= 0.3 is 0 Å². The Hall–Kier alpha value is -4.70. The van der Waals surface area contributed by atoms with Crippen LogP contribution in [0.25, 0.3) is 11.1 Å². The van der Waals surface area contributed by atoms with Crippen molar-refractivity contribution in [3.63, 3.8) is 0 Å². The number of benzene rings is 4. The van der Waals surface area contributed by atoms with Gasteiger partial charge in [-0.2, -0.15) is 0 Å². The van der Waals surface area contributed by atoms with Gasteiger partial charge in [-0.25, -0.2) is 26.6 Å². The Morgan fingerprint density at radius 1 is 0.898 bits per heavy atom. The summed E-state index contributed by atoms with van der Waals surface area (Å²) in [5.41, 5.74) is 2.79. The molecule has 254 valence electrons. The lowest BCUT2D eigenvalue weighted by molar-refractivity contribution is -0.245. The number of nitrogens with zero attached hydrogens (tertiary/aromatic N) is 4. The second kappa shape index (κ2) is 14.8. The molecule has 0 aliphatic carbocycles. The molecule has 2 N–H and O–H groups in total. The summed E-state index contributed by atoms with van der Waals surface area (Å²) in [6.45, 7) is -0.335. The molecule has 49 heavy (non-hydrogen) atoms. The third-order valence-corrected chi connectivity index (χ3v) is 9.12. The molecule has 0 spiro atoms. The Morgan fingerprint density at radius 3 is 2.20 bits per heavy atom. The van der Waals surface area contributed by atoms with E-state index in [1.165, 1.54) is 11.8 Å². The molecule has 6 rings (SSSR count).